The van der Waals surface area contributed by atoms with Crippen molar-refractivity contribution in [2.45, 2.75) is 19.9 Å². The number of halogens is 1. The Labute approximate surface area is 117 Å². The zero-order valence-electron chi connectivity index (χ0n) is 11.0. The highest BCUT2D eigenvalue weighted by Gasteiger charge is 2.10. The van der Waals surface area contributed by atoms with E-state index in [-0.39, 0.29) is 17.9 Å². The predicted octanol–water partition coefficient (Wildman–Crippen LogP) is 1.75. The summed E-state index contributed by atoms with van der Waals surface area (Å²) in [6.07, 6.45) is 2.71. The molecule has 0 aliphatic rings. The quantitative estimate of drug-likeness (QED) is 0.752. The minimum Gasteiger partial charge on any atom is -0.478 e. The Bertz CT molecular complexity index is 611. The predicted molar refractivity (Wildman–Crippen MR) is 74.0 cm³/mol. The van der Waals surface area contributed by atoms with E-state index in [2.05, 4.69) is 4.72 Å². The molecular formula is C13H16FNO4S. The summed E-state index contributed by atoms with van der Waals surface area (Å²) in [7, 11) is -3.41. The number of benzene rings is 1. The first-order chi connectivity index (χ1) is 9.34. The van der Waals surface area contributed by atoms with E-state index in [9.17, 15) is 17.6 Å². The van der Waals surface area contributed by atoms with Gasteiger partial charge in [-0.25, -0.2) is 22.3 Å². The molecule has 0 aliphatic heterocycles. The monoisotopic (exact) mass is 301 g/mol. The molecule has 0 radical (unpaired) electrons. The van der Waals surface area contributed by atoms with Gasteiger partial charge in [0.15, 0.2) is 0 Å². The van der Waals surface area contributed by atoms with Gasteiger partial charge in [0.2, 0.25) is 10.0 Å². The van der Waals surface area contributed by atoms with Gasteiger partial charge in [-0.2, -0.15) is 0 Å². The second-order valence-corrected chi connectivity index (χ2v) is 6.09. The van der Waals surface area contributed by atoms with Gasteiger partial charge in [0.1, 0.15) is 5.82 Å². The average Bonchev–Trinajstić information content (AvgIpc) is 2.36. The summed E-state index contributed by atoms with van der Waals surface area (Å²) in [5.74, 6) is -1.68. The summed E-state index contributed by atoms with van der Waals surface area (Å²) in [5, 5.41) is 8.52. The molecule has 0 bridgehead atoms. The van der Waals surface area contributed by atoms with Crippen LogP contribution in [0.15, 0.2) is 24.3 Å². The Balaban J connectivity index is 2.84. The molecule has 0 heterocycles. The third-order valence-corrected chi connectivity index (χ3v) is 3.97. The standard InChI is InChI=1S/C13H16FNO4S/c1-2-7-20(18,19)15-9-11-8-10(3-5-12(11)14)4-6-13(16)17/h3-6,8,15H,2,7,9H2,1H3,(H,16,17). The van der Waals surface area contributed by atoms with Crippen LogP contribution in [-0.2, 0) is 21.4 Å². The third-order valence-electron chi connectivity index (χ3n) is 2.44. The summed E-state index contributed by atoms with van der Waals surface area (Å²) in [6.45, 7) is 1.57. The van der Waals surface area contributed by atoms with E-state index < -0.39 is 21.8 Å². The lowest BCUT2D eigenvalue weighted by Gasteiger charge is -2.07. The number of nitrogens with one attached hydrogen (secondary N) is 1. The lowest BCUT2D eigenvalue weighted by molar-refractivity contribution is -0.131. The maximum absolute atomic E-state index is 13.6. The summed E-state index contributed by atoms with van der Waals surface area (Å²) in [5.41, 5.74) is 0.649. The van der Waals surface area contributed by atoms with Gasteiger partial charge >= 0.3 is 5.97 Å². The van der Waals surface area contributed by atoms with Crippen LogP contribution in [0.3, 0.4) is 0 Å². The molecule has 20 heavy (non-hydrogen) atoms. The molecule has 1 aromatic carbocycles. The minimum atomic E-state index is -3.41. The van der Waals surface area contributed by atoms with E-state index in [4.69, 9.17) is 5.11 Å². The molecular weight excluding hydrogens is 285 g/mol. The Morgan fingerprint density at radius 2 is 2.15 bits per heavy atom. The summed E-state index contributed by atoms with van der Waals surface area (Å²) in [4.78, 5) is 10.4. The van der Waals surface area contributed by atoms with Crippen molar-refractivity contribution < 1.29 is 22.7 Å². The van der Waals surface area contributed by atoms with E-state index in [1.807, 2.05) is 0 Å². The minimum absolute atomic E-state index is 0.0206. The third kappa shape index (κ3) is 5.50. The van der Waals surface area contributed by atoms with Gasteiger partial charge in [0, 0.05) is 18.2 Å². The molecule has 0 aliphatic carbocycles. The molecule has 0 fully saturated rings. The molecule has 0 amide bonds. The number of carboxylic acid groups (broad SMARTS) is 1. The van der Waals surface area contributed by atoms with Gasteiger partial charge in [0.25, 0.3) is 0 Å². The normalized spacial score (nSPS) is 11.9. The Morgan fingerprint density at radius 1 is 1.45 bits per heavy atom. The molecule has 2 N–H and O–H groups in total. The van der Waals surface area contributed by atoms with Crippen LogP contribution in [-0.4, -0.2) is 25.2 Å². The molecule has 0 unspecified atom stereocenters. The van der Waals surface area contributed by atoms with Gasteiger partial charge in [-0.15, -0.1) is 0 Å². The maximum atomic E-state index is 13.6. The zero-order chi connectivity index (χ0) is 15.2. The van der Waals surface area contributed by atoms with Crippen LogP contribution in [0, 0.1) is 5.82 Å². The van der Waals surface area contributed by atoms with Gasteiger partial charge in [0.05, 0.1) is 5.75 Å². The van der Waals surface area contributed by atoms with Crippen molar-refractivity contribution in [1.82, 2.24) is 4.72 Å². The summed E-state index contributed by atoms with van der Waals surface area (Å²) < 4.78 is 38.8. The number of hydrogen-bond donors (Lipinski definition) is 2. The number of hydrogen-bond acceptors (Lipinski definition) is 3. The van der Waals surface area contributed by atoms with E-state index in [1.54, 1.807) is 6.92 Å². The Hall–Kier alpha value is -1.73. The van der Waals surface area contributed by atoms with Crippen molar-refractivity contribution in [3.05, 3.63) is 41.2 Å². The fourth-order valence-electron chi connectivity index (χ4n) is 1.53. The molecule has 7 heteroatoms. The molecule has 1 rings (SSSR count). The second kappa shape index (κ2) is 7.16. The van der Waals surface area contributed by atoms with Crippen molar-refractivity contribution in [3.63, 3.8) is 0 Å². The van der Waals surface area contributed by atoms with Crippen molar-refractivity contribution in [2.24, 2.45) is 0 Å². The molecule has 0 saturated heterocycles. The van der Waals surface area contributed by atoms with E-state index in [0.717, 1.165) is 6.08 Å². The highest BCUT2D eigenvalue weighted by molar-refractivity contribution is 7.89. The van der Waals surface area contributed by atoms with Crippen LogP contribution in [0.25, 0.3) is 6.08 Å². The maximum Gasteiger partial charge on any atom is 0.328 e. The number of rotatable bonds is 7. The highest BCUT2D eigenvalue weighted by Crippen LogP contribution is 2.12. The Kier molecular flexibility index (Phi) is 5.84. The summed E-state index contributed by atoms with van der Waals surface area (Å²) in [6, 6.07) is 3.99. The number of aliphatic carboxylic acids is 1. The molecule has 0 atom stereocenters. The first-order valence-corrected chi connectivity index (χ1v) is 7.66. The van der Waals surface area contributed by atoms with Gasteiger partial charge in [-0.1, -0.05) is 13.0 Å². The van der Waals surface area contributed by atoms with Gasteiger partial charge in [-0.3, -0.25) is 0 Å². The van der Waals surface area contributed by atoms with Crippen molar-refractivity contribution >= 4 is 22.1 Å². The fourth-order valence-corrected chi connectivity index (χ4v) is 2.59. The van der Waals surface area contributed by atoms with Crippen LogP contribution in [0.4, 0.5) is 4.39 Å². The van der Waals surface area contributed by atoms with E-state index >= 15 is 0 Å². The number of sulfonamides is 1. The number of carboxylic acids is 1. The smallest absolute Gasteiger partial charge is 0.328 e. The molecule has 110 valence electrons. The lowest BCUT2D eigenvalue weighted by Crippen LogP contribution is -2.26. The SMILES string of the molecule is CCCS(=O)(=O)NCc1cc(C=CC(=O)O)ccc1F. The topological polar surface area (TPSA) is 83.5 Å². The summed E-state index contributed by atoms with van der Waals surface area (Å²) >= 11 is 0. The Morgan fingerprint density at radius 3 is 2.75 bits per heavy atom. The van der Waals surface area contributed by atoms with Crippen molar-refractivity contribution in [1.29, 1.82) is 0 Å². The van der Waals surface area contributed by atoms with Crippen LogP contribution in [0.2, 0.25) is 0 Å². The molecule has 0 spiro atoms. The van der Waals surface area contributed by atoms with Crippen LogP contribution >= 0.6 is 0 Å². The second-order valence-electron chi connectivity index (χ2n) is 4.16. The van der Waals surface area contributed by atoms with Gasteiger partial charge < -0.3 is 5.11 Å². The molecule has 0 saturated carbocycles. The highest BCUT2D eigenvalue weighted by atomic mass is 32.2. The van der Waals surface area contributed by atoms with Crippen molar-refractivity contribution in [3.8, 4) is 0 Å². The molecule has 0 aromatic heterocycles. The first-order valence-electron chi connectivity index (χ1n) is 6.01. The van der Waals surface area contributed by atoms with Crippen LogP contribution in [0.1, 0.15) is 24.5 Å². The number of carbonyl (C=O) groups is 1. The van der Waals surface area contributed by atoms with Crippen molar-refractivity contribution in [2.75, 3.05) is 5.75 Å². The lowest BCUT2D eigenvalue weighted by atomic mass is 10.1. The zero-order valence-corrected chi connectivity index (χ0v) is 11.8. The largest absolute Gasteiger partial charge is 0.478 e. The first kappa shape index (κ1) is 16.3. The van der Waals surface area contributed by atoms with Crippen LogP contribution < -0.4 is 4.72 Å². The average molecular weight is 301 g/mol. The molecule has 5 nitrogen and oxygen atoms in total. The molecule has 1 aromatic rings. The van der Waals surface area contributed by atoms with E-state index in [0.29, 0.717) is 12.0 Å². The van der Waals surface area contributed by atoms with E-state index in [1.165, 1.54) is 24.3 Å². The van der Waals surface area contributed by atoms with Crippen LogP contribution in [0.5, 0.6) is 0 Å². The fraction of sp³-hybridized carbons (Fsp3) is 0.308. The van der Waals surface area contributed by atoms with Gasteiger partial charge in [-0.05, 0) is 30.2 Å².